The lowest BCUT2D eigenvalue weighted by Gasteiger charge is -2.41. The van der Waals surface area contributed by atoms with E-state index in [4.69, 9.17) is 5.11 Å². The molecule has 1 aromatic rings. The molecule has 1 aliphatic rings. The highest BCUT2D eigenvalue weighted by Crippen LogP contribution is 2.44. The third-order valence-corrected chi connectivity index (χ3v) is 4.52. The quantitative estimate of drug-likeness (QED) is 0.876. The fourth-order valence-electron chi connectivity index (χ4n) is 2.65. The van der Waals surface area contributed by atoms with Crippen molar-refractivity contribution in [1.82, 2.24) is 5.32 Å². The van der Waals surface area contributed by atoms with Gasteiger partial charge in [-0.05, 0) is 44.4 Å². The summed E-state index contributed by atoms with van der Waals surface area (Å²) in [5, 5.41) is 11.8. The Morgan fingerprint density at radius 1 is 1.33 bits per heavy atom. The van der Waals surface area contributed by atoms with Crippen LogP contribution >= 0.6 is 0 Å². The van der Waals surface area contributed by atoms with Crippen molar-refractivity contribution in [2.75, 3.05) is 0 Å². The molecule has 0 spiro atoms. The van der Waals surface area contributed by atoms with Gasteiger partial charge in [0.15, 0.2) is 0 Å². The predicted octanol–water partition coefficient (Wildman–Crippen LogP) is 2.47. The van der Waals surface area contributed by atoms with Crippen molar-refractivity contribution >= 4 is 11.9 Å². The molecule has 2 atom stereocenters. The summed E-state index contributed by atoms with van der Waals surface area (Å²) in [5.74, 6) is -2.19. The van der Waals surface area contributed by atoms with Crippen molar-refractivity contribution in [2.45, 2.75) is 44.6 Å². The minimum Gasteiger partial charge on any atom is -0.481 e. The summed E-state index contributed by atoms with van der Waals surface area (Å²) in [5.41, 5.74) is -0.0457. The van der Waals surface area contributed by atoms with Gasteiger partial charge in [-0.15, -0.1) is 0 Å². The van der Waals surface area contributed by atoms with E-state index in [1.165, 1.54) is 12.1 Å². The average molecular weight is 293 g/mol. The van der Waals surface area contributed by atoms with Crippen molar-refractivity contribution in [3.8, 4) is 0 Å². The highest BCUT2D eigenvalue weighted by molar-refractivity contribution is 5.89. The highest BCUT2D eigenvalue weighted by Gasteiger charge is 2.46. The van der Waals surface area contributed by atoms with E-state index >= 15 is 0 Å². The van der Waals surface area contributed by atoms with Gasteiger partial charge in [-0.3, -0.25) is 9.59 Å². The molecule has 5 heteroatoms. The first kappa shape index (κ1) is 15.5. The zero-order valence-corrected chi connectivity index (χ0v) is 12.2. The van der Waals surface area contributed by atoms with Gasteiger partial charge in [0.25, 0.3) is 0 Å². The van der Waals surface area contributed by atoms with Crippen molar-refractivity contribution < 1.29 is 19.1 Å². The number of amides is 1. The number of benzene rings is 1. The lowest BCUT2D eigenvalue weighted by Crippen LogP contribution is -2.53. The topological polar surface area (TPSA) is 66.4 Å². The SMILES string of the molecule is CC(NC(=O)C1(c2cccc(F)c2)CCC1)C(C)C(=O)O. The summed E-state index contributed by atoms with van der Waals surface area (Å²) in [6.07, 6.45) is 2.24. The van der Waals surface area contributed by atoms with Gasteiger partial charge in [-0.25, -0.2) is 4.39 Å². The zero-order valence-electron chi connectivity index (χ0n) is 12.2. The Morgan fingerprint density at radius 3 is 2.48 bits per heavy atom. The molecule has 0 aromatic heterocycles. The van der Waals surface area contributed by atoms with E-state index in [1.54, 1.807) is 26.0 Å². The molecular weight excluding hydrogens is 273 g/mol. The molecule has 21 heavy (non-hydrogen) atoms. The summed E-state index contributed by atoms with van der Waals surface area (Å²) in [7, 11) is 0. The Hall–Kier alpha value is -1.91. The molecule has 1 aliphatic carbocycles. The zero-order chi connectivity index (χ0) is 15.6. The molecule has 1 saturated carbocycles. The maximum atomic E-state index is 13.4. The van der Waals surface area contributed by atoms with Crippen molar-refractivity contribution in [3.05, 3.63) is 35.6 Å². The lowest BCUT2D eigenvalue weighted by molar-refractivity contribution is -0.142. The van der Waals surface area contributed by atoms with Crippen molar-refractivity contribution in [3.63, 3.8) is 0 Å². The van der Waals surface area contributed by atoms with Crippen molar-refractivity contribution in [1.29, 1.82) is 0 Å². The van der Waals surface area contributed by atoms with Gasteiger partial charge in [0.1, 0.15) is 5.82 Å². The van der Waals surface area contributed by atoms with E-state index in [9.17, 15) is 14.0 Å². The number of carbonyl (C=O) groups excluding carboxylic acids is 1. The van der Waals surface area contributed by atoms with E-state index in [-0.39, 0.29) is 11.7 Å². The first-order valence-electron chi connectivity index (χ1n) is 7.16. The molecule has 4 nitrogen and oxygen atoms in total. The molecule has 0 aliphatic heterocycles. The molecule has 0 heterocycles. The number of carbonyl (C=O) groups is 2. The van der Waals surface area contributed by atoms with Gasteiger partial charge in [0, 0.05) is 6.04 Å². The third-order valence-electron chi connectivity index (χ3n) is 4.52. The van der Waals surface area contributed by atoms with Crippen LogP contribution < -0.4 is 5.32 Å². The number of hydrogen-bond donors (Lipinski definition) is 2. The molecule has 1 fully saturated rings. The summed E-state index contributed by atoms with van der Waals surface area (Å²) >= 11 is 0. The third kappa shape index (κ3) is 2.91. The molecule has 114 valence electrons. The largest absolute Gasteiger partial charge is 0.481 e. The standard InChI is InChI=1S/C16H20FNO3/c1-10(14(19)20)11(2)18-15(21)16(7-4-8-16)12-5-3-6-13(17)9-12/h3,5-6,9-11H,4,7-8H2,1-2H3,(H,18,21)(H,19,20). The predicted molar refractivity (Wildman–Crippen MR) is 76.3 cm³/mol. The monoisotopic (exact) mass is 293 g/mol. The van der Waals surface area contributed by atoms with Crippen LogP contribution in [0.25, 0.3) is 0 Å². The van der Waals surface area contributed by atoms with Crippen LogP contribution in [-0.4, -0.2) is 23.0 Å². The van der Waals surface area contributed by atoms with Crippen molar-refractivity contribution in [2.24, 2.45) is 5.92 Å². The second-order valence-corrected chi connectivity index (χ2v) is 5.84. The molecule has 2 unspecified atom stereocenters. The van der Waals surface area contributed by atoms with Gasteiger partial charge < -0.3 is 10.4 Å². The molecule has 1 aromatic carbocycles. The second kappa shape index (κ2) is 5.84. The van der Waals surface area contributed by atoms with E-state index < -0.39 is 23.3 Å². The molecule has 0 bridgehead atoms. The summed E-state index contributed by atoms with van der Waals surface area (Å²) in [6, 6.07) is 5.63. The van der Waals surface area contributed by atoms with Crippen LogP contribution in [-0.2, 0) is 15.0 Å². The number of aliphatic carboxylic acids is 1. The van der Waals surface area contributed by atoms with Gasteiger partial charge in [-0.1, -0.05) is 18.6 Å². The first-order valence-corrected chi connectivity index (χ1v) is 7.16. The molecule has 1 amide bonds. The molecular formula is C16H20FNO3. The number of hydrogen-bond acceptors (Lipinski definition) is 2. The minimum atomic E-state index is -0.948. The van der Waals surface area contributed by atoms with E-state index in [2.05, 4.69) is 5.32 Å². The second-order valence-electron chi connectivity index (χ2n) is 5.84. The Balaban J connectivity index is 2.17. The van der Waals surface area contributed by atoms with Crippen LogP contribution in [0.3, 0.4) is 0 Å². The highest BCUT2D eigenvalue weighted by atomic mass is 19.1. The molecule has 2 rings (SSSR count). The Labute approximate surface area is 123 Å². The van der Waals surface area contributed by atoms with Crippen LogP contribution in [0, 0.1) is 11.7 Å². The van der Waals surface area contributed by atoms with Crippen LogP contribution in [0.1, 0.15) is 38.7 Å². The van der Waals surface area contributed by atoms with Crippen LogP contribution in [0.5, 0.6) is 0 Å². The van der Waals surface area contributed by atoms with Gasteiger partial charge in [0.05, 0.1) is 11.3 Å². The van der Waals surface area contributed by atoms with Gasteiger partial charge in [0.2, 0.25) is 5.91 Å². The first-order chi connectivity index (χ1) is 9.86. The van der Waals surface area contributed by atoms with E-state index in [1.807, 2.05) is 0 Å². The smallest absolute Gasteiger partial charge is 0.308 e. The number of carboxylic acid groups (broad SMARTS) is 1. The van der Waals surface area contributed by atoms with Gasteiger partial charge >= 0.3 is 5.97 Å². The summed E-state index contributed by atoms with van der Waals surface area (Å²) < 4.78 is 13.4. The summed E-state index contributed by atoms with van der Waals surface area (Å²) in [4.78, 5) is 23.5. The number of rotatable bonds is 5. The van der Waals surface area contributed by atoms with Gasteiger partial charge in [-0.2, -0.15) is 0 Å². The maximum Gasteiger partial charge on any atom is 0.308 e. The number of nitrogens with one attached hydrogen (secondary N) is 1. The Bertz CT molecular complexity index is 554. The van der Waals surface area contributed by atoms with E-state index in [0.717, 1.165) is 6.42 Å². The van der Waals surface area contributed by atoms with Crippen LogP contribution in [0.2, 0.25) is 0 Å². The number of halogens is 1. The summed E-state index contributed by atoms with van der Waals surface area (Å²) in [6.45, 7) is 3.23. The number of carboxylic acids is 1. The molecule has 0 saturated heterocycles. The fourth-order valence-corrected chi connectivity index (χ4v) is 2.65. The van der Waals surface area contributed by atoms with Crippen LogP contribution in [0.15, 0.2) is 24.3 Å². The Kier molecular flexibility index (Phi) is 4.30. The van der Waals surface area contributed by atoms with Crippen LogP contribution in [0.4, 0.5) is 4.39 Å². The molecule has 0 radical (unpaired) electrons. The lowest BCUT2D eigenvalue weighted by atomic mass is 9.63. The fraction of sp³-hybridized carbons (Fsp3) is 0.500. The van der Waals surface area contributed by atoms with E-state index in [0.29, 0.717) is 18.4 Å². The molecule has 2 N–H and O–H groups in total. The average Bonchev–Trinajstić information content (AvgIpc) is 2.36. The normalized spacial score (nSPS) is 19.2. The minimum absolute atomic E-state index is 0.208. The maximum absolute atomic E-state index is 13.4. The Morgan fingerprint density at radius 2 is 2.00 bits per heavy atom.